The molecule has 166 valence electrons. The largest absolute Gasteiger partial charge is 0.497 e. The maximum atomic E-state index is 12.1. The molecule has 0 radical (unpaired) electrons. The third-order valence-corrected chi connectivity index (χ3v) is 6.07. The number of rotatable bonds is 8. The molecule has 7 nitrogen and oxygen atoms in total. The highest BCUT2D eigenvalue weighted by atomic mass is 35.5. The number of benzene rings is 2. The second-order valence-corrected chi connectivity index (χ2v) is 8.34. The molecule has 0 saturated heterocycles. The molecule has 0 bridgehead atoms. The van der Waals surface area contributed by atoms with E-state index in [1.54, 1.807) is 25.5 Å². The highest BCUT2D eigenvalue weighted by molar-refractivity contribution is 8.00. The average molecular weight is 472 g/mol. The summed E-state index contributed by atoms with van der Waals surface area (Å²) in [6.45, 7) is 3.80. The molecule has 1 aromatic heterocycles. The van der Waals surface area contributed by atoms with Crippen LogP contribution in [0.15, 0.2) is 58.5 Å². The minimum absolute atomic E-state index is 0.0357. The molecule has 0 unspecified atom stereocenters. The number of halogens is 1. The van der Waals surface area contributed by atoms with E-state index in [4.69, 9.17) is 16.3 Å². The van der Waals surface area contributed by atoms with Crippen molar-refractivity contribution in [2.24, 2.45) is 5.10 Å². The first kappa shape index (κ1) is 23.4. The summed E-state index contributed by atoms with van der Waals surface area (Å²) in [4.78, 5) is 24.4. The normalized spacial score (nSPS) is 11.0. The maximum absolute atomic E-state index is 12.1. The zero-order valence-electron chi connectivity index (χ0n) is 17.8. The lowest BCUT2D eigenvalue weighted by Crippen LogP contribution is -2.19. The summed E-state index contributed by atoms with van der Waals surface area (Å²) < 4.78 is 7.03. The van der Waals surface area contributed by atoms with Crippen molar-refractivity contribution >= 4 is 41.5 Å². The van der Waals surface area contributed by atoms with Crippen LogP contribution in [0.2, 0.25) is 5.02 Å². The first-order valence-electron chi connectivity index (χ1n) is 9.61. The van der Waals surface area contributed by atoms with E-state index in [2.05, 4.69) is 10.5 Å². The van der Waals surface area contributed by atoms with E-state index in [0.29, 0.717) is 5.69 Å². The molecule has 1 heterocycles. The standard InChI is InChI=1S/C23H22ClN3O4S/c1-14-10-16(15(2)27(14)17-4-9-21(24)20(11-17)23(29)30)12-25-26-22(28)13-32-19-7-5-18(31-3)6-8-19/h4-12H,13H2,1-3H3,(H,26,28)(H,29,30)/b25-12+. The van der Waals surface area contributed by atoms with Gasteiger partial charge in [0.25, 0.3) is 0 Å². The quantitative estimate of drug-likeness (QED) is 0.282. The summed E-state index contributed by atoms with van der Waals surface area (Å²) in [7, 11) is 1.60. The molecule has 0 aliphatic carbocycles. The summed E-state index contributed by atoms with van der Waals surface area (Å²) in [5.74, 6) is -0.319. The molecule has 0 saturated carbocycles. The number of hydrogen-bond donors (Lipinski definition) is 2. The maximum Gasteiger partial charge on any atom is 0.337 e. The first-order valence-corrected chi connectivity index (χ1v) is 11.0. The molecular formula is C23H22ClN3O4S. The number of nitrogens with zero attached hydrogens (tertiary/aromatic N) is 2. The van der Waals surface area contributed by atoms with Crippen molar-refractivity contribution in [2.75, 3.05) is 12.9 Å². The molecule has 9 heteroatoms. The van der Waals surface area contributed by atoms with Gasteiger partial charge in [0.05, 0.1) is 29.7 Å². The number of aryl methyl sites for hydroxylation is 1. The van der Waals surface area contributed by atoms with E-state index in [1.165, 1.54) is 17.8 Å². The van der Waals surface area contributed by atoms with Crippen LogP contribution >= 0.6 is 23.4 Å². The van der Waals surface area contributed by atoms with Gasteiger partial charge in [0.2, 0.25) is 5.91 Å². The number of aromatic nitrogens is 1. The van der Waals surface area contributed by atoms with Crippen LogP contribution in [0.1, 0.15) is 27.3 Å². The number of carbonyl (C=O) groups excluding carboxylic acids is 1. The average Bonchev–Trinajstić information content (AvgIpc) is 3.06. The van der Waals surface area contributed by atoms with Crippen LogP contribution < -0.4 is 10.2 Å². The fourth-order valence-corrected chi connectivity index (χ4v) is 4.05. The second-order valence-electron chi connectivity index (χ2n) is 6.89. The number of ether oxygens (including phenoxy) is 1. The van der Waals surface area contributed by atoms with E-state index in [-0.39, 0.29) is 22.2 Å². The van der Waals surface area contributed by atoms with Crippen LogP contribution in [0.5, 0.6) is 5.75 Å². The van der Waals surface area contributed by atoms with Crippen LogP contribution in [-0.4, -0.2) is 40.6 Å². The Balaban J connectivity index is 1.66. The molecule has 0 atom stereocenters. The highest BCUT2D eigenvalue weighted by Gasteiger charge is 2.14. The third-order valence-electron chi connectivity index (χ3n) is 4.73. The SMILES string of the molecule is COc1ccc(SCC(=O)N/N=C/c2cc(C)n(-c3ccc(Cl)c(C(=O)O)c3)c2C)cc1. The predicted molar refractivity (Wildman–Crippen MR) is 127 cm³/mol. The molecule has 0 aliphatic rings. The fourth-order valence-electron chi connectivity index (χ4n) is 3.16. The van der Waals surface area contributed by atoms with Gasteiger partial charge in [0.1, 0.15) is 5.75 Å². The number of nitrogens with one attached hydrogen (secondary N) is 1. The smallest absolute Gasteiger partial charge is 0.337 e. The number of methoxy groups -OCH3 is 1. The lowest BCUT2D eigenvalue weighted by atomic mass is 10.2. The van der Waals surface area contributed by atoms with Gasteiger partial charge < -0.3 is 14.4 Å². The van der Waals surface area contributed by atoms with Crippen molar-refractivity contribution in [1.29, 1.82) is 0 Å². The van der Waals surface area contributed by atoms with Gasteiger partial charge in [0, 0.05) is 27.5 Å². The van der Waals surface area contributed by atoms with Gasteiger partial charge in [0.15, 0.2) is 0 Å². The number of carboxylic acid groups (broad SMARTS) is 1. The summed E-state index contributed by atoms with van der Waals surface area (Å²) in [6, 6.07) is 14.2. The molecule has 1 amide bonds. The van der Waals surface area contributed by atoms with Crippen LogP contribution in [0.25, 0.3) is 5.69 Å². The monoisotopic (exact) mass is 471 g/mol. The Bertz CT molecular complexity index is 1170. The summed E-state index contributed by atoms with van der Waals surface area (Å²) in [5, 5.41) is 13.6. The Morgan fingerprint density at radius 3 is 2.56 bits per heavy atom. The van der Waals surface area contributed by atoms with Gasteiger partial charge in [-0.1, -0.05) is 11.6 Å². The molecule has 0 fully saturated rings. The Hall–Kier alpha value is -3.23. The zero-order valence-corrected chi connectivity index (χ0v) is 19.3. The van der Waals surface area contributed by atoms with E-state index >= 15 is 0 Å². The number of carboxylic acids is 1. The predicted octanol–water partition coefficient (Wildman–Crippen LogP) is 4.70. The lowest BCUT2D eigenvalue weighted by molar-refractivity contribution is -0.118. The van der Waals surface area contributed by atoms with Gasteiger partial charge in [-0.15, -0.1) is 11.8 Å². The number of carbonyl (C=O) groups is 2. The third kappa shape index (κ3) is 5.52. The van der Waals surface area contributed by atoms with Crippen LogP contribution in [0.4, 0.5) is 0 Å². The zero-order chi connectivity index (χ0) is 23.3. The Morgan fingerprint density at radius 1 is 1.19 bits per heavy atom. The molecule has 2 aromatic carbocycles. The first-order chi connectivity index (χ1) is 15.3. The van der Waals surface area contributed by atoms with Crippen molar-refractivity contribution in [3.8, 4) is 11.4 Å². The number of hydrazone groups is 1. The Labute approximate surface area is 195 Å². The molecular weight excluding hydrogens is 450 g/mol. The summed E-state index contributed by atoms with van der Waals surface area (Å²) in [6.07, 6.45) is 1.57. The number of thioether (sulfide) groups is 1. The number of aromatic carboxylic acids is 1. The van der Waals surface area contributed by atoms with Crippen LogP contribution in [0, 0.1) is 13.8 Å². The summed E-state index contributed by atoms with van der Waals surface area (Å²) >= 11 is 7.38. The van der Waals surface area contributed by atoms with Gasteiger partial charge in [-0.2, -0.15) is 5.10 Å². The summed E-state index contributed by atoms with van der Waals surface area (Å²) in [5.41, 5.74) is 5.80. The molecule has 3 aromatic rings. The minimum Gasteiger partial charge on any atom is -0.497 e. The van der Waals surface area contributed by atoms with Crippen molar-refractivity contribution in [3.05, 3.63) is 76.1 Å². The van der Waals surface area contributed by atoms with Crippen molar-refractivity contribution in [3.63, 3.8) is 0 Å². The fraction of sp³-hybridized carbons (Fsp3) is 0.174. The topological polar surface area (TPSA) is 92.9 Å². The minimum atomic E-state index is -1.09. The van der Waals surface area contributed by atoms with Crippen molar-refractivity contribution in [1.82, 2.24) is 9.99 Å². The van der Waals surface area contributed by atoms with Gasteiger partial charge in [-0.3, -0.25) is 4.79 Å². The Kier molecular flexibility index (Phi) is 7.61. The van der Waals surface area contributed by atoms with E-state index in [9.17, 15) is 14.7 Å². The van der Waals surface area contributed by atoms with Crippen LogP contribution in [-0.2, 0) is 4.79 Å². The van der Waals surface area contributed by atoms with Gasteiger partial charge in [-0.25, -0.2) is 10.2 Å². The molecule has 0 spiro atoms. The van der Waals surface area contributed by atoms with Crippen molar-refractivity contribution in [2.45, 2.75) is 18.7 Å². The van der Waals surface area contributed by atoms with Crippen LogP contribution in [0.3, 0.4) is 0 Å². The molecule has 3 rings (SSSR count). The van der Waals surface area contributed by atoms with Gasteiger partial charge in [-0.05, 0) is 62.4 Å². The van der Waals surface area contributed by atoms with E-state index < -0.39 is 5.97 Å². The molecule has 2 N–H and O–H groups in total. The number of amides is 1. The molecule has 32 heavy (non-hydrogen) atoms. The van der Waals surface area contributed by atoms with E-state index in [0.717, 1.165) is 27.6 Å². The second kappa shape index (κ2) is 10.4. The lowest BCUT2D eigenvalue weighted by Gasteiger charge is -2.11. The number of hydrogen-bond acceptors (Lipinski definition) is 5. The molecule has 0 aliphatic heterocycles. The Morgan fingerprint density at radius 2 is 1.91 bits per heavy atom. The van der Waals surface area contributed by atoms with Crippen molar-refractivity contribution < 1.29 is 19.4 Å². The highest BCUT2D eigenvalue weighted by Crippen LogP contribution is 2.25. The van der Waals surface area contributed by atoms with Gasteiger partial charge >= 0.3 is 5.97 Å². The van der Waals surface area contributed by atoms with E-state index in [1.807, 2.05) is 48.7 Å².